The first-order valence-electron chi connectivity index (χ1n) is 7.79. The minimum absolute atomic E-state index is 0.0289. The molecule has 7 unspecified atom stereocenters. The first-order chi connectivity index (χ1) is 10.2. The summed E-state index contributed by atoms with van der Waals surface area (Å²) in [4.78, 5) is 11.3. The predicted molar refractivity (Wildman–Crippen MR) is 75.4 cm³/mol. The van der Waals surface area contributed by atoms with Gasteiger partial charge in [-0.05, 0) is 38.5 Å². The van der Waals surface area contributed by atoms with E-state index in [0.29, 0.717) is 12.3 Å². The van der Waals surface area contributed by atoms with Crippen LogP contribution in [0.25, 0.3) is 0 Å². The van der Waals surface area contributed by atoms with Gasteiger partial charge in [0.25, 0.3) is 0 Å². The summed E-state index contributed by atoms with van der Waals surface area (Å²) in [7, 11) is 0. The van der Waals surface area contributed by atoms with Crippen LogP contribution in [-0.2, 0) is 14.3 Å². The number of halogens is 2. The quantitative estimate of drug-likeness (QED) is 0.617. The second-order valence-electron chi connectivity index (χ2n) is 7.57. The number of alkyl halides is 2. The molecule has 0 amide bonds. The van der Waals surface area contributed by atoms with E-state index in [1.165, 1.54) is 13.8 Å². The minimum Gasteiger partial charge on any atom is -0.462 e. The van der Waals surface area contributed by atoms with Gasteiger partial charge in [0.05, 0.1) is 17.6 Å². The first kappa shape index (κ1) is 15.1. The molecule has 0 aliphatic heterocycles. The highest BCUT2D eigenvalue weighted by molar-refractivity contribution is 7.94. The van der Waals surface area contributed by atoms with Gasteiger partial charge in [0.2, 0.25) is 0 Å². The maximum absolute atomic E-state index is 13.6. The molecule has 22 heavy (non-hydrogen) atoms. The van der Waals surface area contributed by atoms with Crippen molar-refractivity contribution in [3.05, 3.63) is 0 Å². The van der Waals surface area contributed by atoms with Crippen LogP contribution in [0.3, 0.4) is 0 Å². The van der Waals surface area contributed by atoms with Gasteiger partial charge in [0.15, 0.2) is 0 Å². The zero-order chi connectivity index (χ0) is 15.9. The van der Waals surface area contributed by atoms with Crippen molar-refractivity contribution in [3.63, 3.8) is 0 Å². The molecule has 7 rings (SSSR count). The summed E-state index contributed by atoms with van der Waals surface area (Å²) in [5.74, 6) is 0.712. The number of carbonyl (C=O) groups is 1. The van der Waals surface area contributed by atoms with E-state index in [-0.39, 0.29) is 29.3 Å². The molecule has 7 aliphatic rings. The number of ether oxygens (including phenoxy) is 2. The second-order valence-corrected chi connectivity index (χ2v) is 8.30. The molecule has 7 fully saturated rings. The van der Waals surface area contributed by atoms with Gasteiger partial charge >= 0.3 is 11.2 Å². The smallest absolute Gasteiger partial charge is 0.342 e. The second kappa shape index (κ2) is 4.36. The molecule has 124 valence electrons. The summed E-state index contributed by atoms with van der Waals surface area (Å²) >= 11 is -0.449. The third kappa shape index (κ3) is 1.68. The summed E-state index contributed by atoms with van der Waals surface area (Å²) < 4.78 is 47.3. The van der Waals surface area contributed by atoms with Gasteiger partial charge in [-0.3, -0.25) is 4.79 Å². The Balaban J connectivity index is 1.53. The van der Waals surface area contributed by atoms with E-state index >= 15 is 0 Å². The van der Waals surface area contributed by atoms with E-state index < -0.39 is 29.0 Å². The average molecular weight is 334 g/mol. The molecule has 0 aromatic carbocycles. The van der Waals surface area contributed by atoms with Gasteiger partial charge in [-0.2, -0.15) is 8.78 Å². The van der Waals surface area contributed by atoms with Crippen LogP contribution < -0.4 is 0 Å². The highest BCUT2D eigenvalue weighted by Gasteiger charge is 2.84. The lowest BCUT2D eigenvalue weighted by Gasteiger charge is -2.83. The number of rotatable bonds is 5. The van der Waals surface area contributed by atoms with Gasteiger partial charge in [0, 0.05) is 24.2 Å². The molecule has 0 saturated heterocycles. The van der Waals surface area contributed by atoms with E-state index in [4.69, 9.17) is 14.0 Å². The van der Waals surface area contributed by atoms with Crippen LogP contribution in [0.2, 0.25) is 0 Å². The van der Waals surface area contributed by atoms with Gasteiger partial charge in [-0.25, -0.2) is 0 Å². The van der Waals surface area contributed by atoms with Crippen molar-refractivity contribution in [1.82, 2.24) is 0 Å². The maximum atomic E-state index is 13.6. The van der Waals surface area contributed by atoms with Gasteiger partial charge in [-0.15, -0.1) is 0 Å². The predicted octanol–water partition coefficient (Wildman–Crippen LogP) is 3.31. The Labute approximate surface area is 132 Å². The molecule has 1 N–H and O–H groups in total. The van der Waals surface area contributed by atoms with Crippen LogP contribution in [0.15, 0.2) is 0 Å². The SMILES string of the molecule is CC(=O)OC1C2CC3CC4(OC(C)C(F)(F)SO)CC1(C3)C24. The molecular formula is C15H20F2O4S. The molecule has 5 bridgehead atoms. The largest absolute Gasteiger partial charge is 0.462 e. The van der Waals surface area contributed by atoms with Crippen molar-refractivity contribution in [2.45, 2.75) is 62.6 Å². The third-order valence-corrected chi connectivity index (χ3v) is 6.98. The monoisotopic (exact) mass is 334 g/mol. The van der Waals surface area contributed by atoms with Crippen molar-refractivity contribution in [2.75, 3.05) is 0 Å². The molecule has 0 aromatic heterocycles. The summed E-state index contributed by atoms with van der Waals surface area (Å²) in [5.41, 5.74) is -0.528. The fourth-order valence-electron chi connectivity index (χ4n) is 6.21. The van der Waals surface area contributed by atoms with Crippen molar-refractivity contribution in [3.8, 4) is 0 Å². The van der Waals surface area contributed by atoms with Gasteiger partial charge in [0.1, 0.15) is 12.2 Å². The number of carbonyl (C=O) groups excluding carboxylic acids is 1. The normalized spacial score (nSPS) is 49.1. The zero-order valence-corrected chi connectivity index (χ0v) is 13.4. The fourth-order valence-corrected chi connectivity index (χ4v) is 6.41. The zero-order valence-electron chi connectivity index (χ0n) is 12.6. The maximum Gasteiger partial charge on any atom is 0.342 e. The molecule has 7 heteroatoms. The highest BCUT2D eigenvalue weighted by Crippen LogP contribution is 2.82. The summed E-state index contributed by atoms with van der Waals surface area (Å²) in [6.45, 7) is 2.74. The molecule has 4 nitrogen and oxygen atoms in total. The molecule has 1 spiro atoms. The van der Waals surface area contributed by atoms with Crippen molar-refractivity contribution >= 4 is 18.0 Å². The molecule has 0 aromatic rings. The van der Waals surface area contributed by atoms with Gasteiger partial charge < -0.3 is 14.0 Å². The Kier molecular flexibility index (Phi) is 3.00. The Bertz CT molecular complexity index is 530. The molecular weight excluding hydrogens is 314 g/mol. The number of hydrogen-bond acceptors (Lipinski definition) is 5. The third-order valence-electron chi connectivity index (χ3n) is 6.41. The van der Waals surface area contributed by atoms with E-state index in [0.717, 1.165) is 19.3 Å². The summed E-state index contributed by atoms with van der Waals surface area (Å²) in [6, 6.07) is 0. The molecule has 0 heterocycles. The van der Waals surface area contributed by atoms with Crippen LogP contribution in [0.1, 0.15) is 39.5 Å². The molecule has 7 saturated carbocycles. The Hall–Kier alpha value is -0.400. The van der Waals surface area contributed by atoms with Crippen LogP contribution in [0.5, 0.6) is 0 Å². The van der Waals surface area contributed by atoms with Crippen molar-refractivity contribution in [2.24, 2.45) is 23.2 Å². The lowest BCUT2D eigenvalue weighted by molar-refractivity contribution is -0.422. The van der Waals surface area contributed by atoms with E-state index in [2.05, 4.69) is 0 Å². The van der Waals surface area contributed by atoms with E-state index in [9.17, 15) is 13.6 Å². The Morgan fingerprint density at radius 2 is 2.18 bits per heavy atom. The van der Waals surface area contributed by atoms with Crippen LogP contribution in [-0.4, -0.2) is 33.6 Å². The van der Waals surface area contributed by atoms with Gasteiger partial charge in [-0.1, -0.05) is 0 Å². The van der Waals surface area contributed by atoms with Crippen LogP contribution >= 0.6 is 12.0 Å². The lowest BCUT2D eigenvalue weighted by Crippen LogP contribution is -2.86. The Morgan fingerprint density at radius 3 is 2.77 bits per heavy atom. The first-order valence-corrected chi connectivity index (χ1v) is 8.57. The highest BCUT2D eigenvalue weighted by atomic mass is 32.2. The minimum atomic E-state index is -3.30. The fraction of sp³-hybridized carbons (Fsp3) is 0.933. The lowest BCUT2D eigenvalue weighted by atomic mass is 9.25. The van der Waals surface area contributed by atoms with E-state index in [1.807, 2.05) is 0 Å². The van der Waals surface area contributed by atoms with Crippen LogP contribution in [0.4, 0.5) is 8.78 Å². The van der Waals surface area contributed by atoms with E-state index in [1.54, 1.807) is 0 Å². The molecule has 7 atom stereocenters. The summed E-state index contributed by atoms with van der Waals surface area (Å²) in [6.07, 6.45) is 2.17. The van der Waals surface area contributed by atoms with Crippen molar-refractivity contribution < 1.29 is 27.6 Å². The van der Waals surface area contributed by atoms with Crippen LogP contribution in [0, 0.1) is 23.2 Å². The summed E-state index contributed by atoms with van der Waals surface area (Å²) in [5, 5.41) is -3.30. The Morgan fingerprint density at radius 1 is 1.45 bits per heavy atom. The average Bonchev–Trinajstić information content (AvgIpc) is 2.43. The molecule has 7 aliphatic carbocycles. The molecule has 0 radical (unpaired) electrons. The topological polar surface area (TPSA) is 55.8 Å². The standard InChI is InChI=1S/C15H20F2O4S/c1-7(15(16,17)22-19)21-14-5-9-3-10-11(14)13(4-9,6-14)12(10)20-8(2)18/h7,9-12,19H,3-6H2,1-2H3. The van der Waals surface area contributed by atoms with Crippen molar-refractivity contribution in [1.29, 1.82) is 0 Å². The number of esters is 1. The number of hydrogen-bond donors (Lipinski definition) is 1.